The van der Waals surface area contributed by atoms with Crippen LogP contribution in [0.3, 0.4) is 0 Å². The van der Waals surface area contributed by atoms with Gasteiger partial charge < -0.3 is 15.4 Å². The lowest BCUT2D eigenvalue weighted by molar-refractivity contribution is 0.129. The van der Waals surface area contributed by atoms with Gasteiger partial charge in [0.05, 0.1) is 0 Å². The summed E-state index contributed by atoms with van der Waals surface area (Å²) in [5, 5.41) is 6.81. The molecule has 0 amide bonds. The fourth-order valence-corrected chi connectivity index (χ4v) is 3.34. The first-order chi connectivity index (χ1) is 13.8. The van der Waals surface area contributed by atoms with Gasteiger partial charge in [-0.3, -0.25) is 14.8 Å². The van der Waals surface area contributed by atoms with Crippen LogP contribution >= 0.6 is 0 Å². The van der Waals surface area contributed by atoms with Gasteiger partial charge in [-0.25, -0.2) is 0 Å². The Kier molecular flexibility index (Phi) is 11.6. The highest BCUT2D eigenvalue weighted by Crippen LogP contribution is 2.07. The summed E-state index contributed by atoms with van der Waals surface area (Å²) in [5.41, 5.74) is 1.41. The van der Waals surface area contributed by atoms with Crippen molar-refractivity contribution in [3.8, 4) is 0 Å². The normalized spacial score (nSPS) is 16.3. The van der Waals surface area contributed by atoms with E-state index >= 15 is 0 Å². The monoisotopic (exact) mass is 389 g/mol. The van der Waals surface area contributed by atoms with Gasteiger partial charge in [0.15, 0.2) is 5.96 Å². The summed E-state index contributed by atoms with van der Waals surface area (Å²) in [4.78, 5) is 9.76. The number of hydrogen-bond donors (Lipinski definition) is 2. The Morgan fingerprint density at radius 1 is 1.00 bits per heavy atom. The molecule has 158 valence electrons. The number of hydrogen-bond acceptors (Lipinski definition) is 4. The van der Waals surface area contributed by atoms with E-state index in [9.17, 15) is 0 Å². The molecule has 1 aromatic rings. The number of piperazine rings is 1. The second-order valence-corrected chi connectivity index (χ2v) is 7.19. The van der Waals surface area contributed by atoms with Crippen LogP contribution in [0.4, 0.5) is 0 Å². The van der Waals surface area contributed by atoms with Gasteiger partial charge in [-0.1, -0.05) is 30.3 Å². The van der Waals surface area contributed by atoms with E-state index in [0.717, 1.165) is 90.9 Å². The molecule has 0 unspecified atom stereocenters. The van der Waals surface area contributed by atoms with E-state index in [1.165, 1.54) is 5.56 Å². The minimum Gasteiger partial charge on any atom is -0.382 e. The molecule has 28 heavy (non-hydrogen) atoms. The Balaban J connectivity index is 1.59. The van der Waals surface area contributed by atoms with E-state index in [0.29, 0.717) is 0 Å². The maximum atomic E-state index is 5.37. The molecule has 2 rings (SSSR count). The number of nitrogens with one attached hydrogen (secondary N) is 2. The van der Waals surface area contributed by atoms with Crippen molar-refractivity contribution >= 4 is 5.96 Å². The van der Waals surface area contributed by atoms with Gasteiger partial charge in [-0.05, 0) is 32.3 Å². The zero-order valence-corrected chi connectivity index (χ0v) is 17.8. The highest BCUT2D eigenvalue weighted by atomic mass is 16.5. The maximum Gasteiger partial charge on any atom is 0.191 e. The zero-order chi connectivity index (χ0) is 19.9. The third-order valence-electron chi connectivity index (χ3n) is 4.95. The molecule has 6 heteroatoms. The summed E-state index contributed by atoms with van der Waals surface area (Å²) < 4.78 is 5.37. The molecular weight excluding hydrogens is 350 g/mol. The van der Waals surface area contributed by atoms with E-state index in [2.05, 4.69) is 62.7 Å². The topological polar surface area (TPSA) is 52.1 Å². The van der Waals surface area contributed by atoms with Crippen molar-refractivity contribution in [2.75, 3.05) is 65.6 Å². The van der Waals surface area contributed by atoms with Gasteiger partial charge >= 0.3 is 0 Å². The number of nitrogens with zero attached hydrogens (tertiary/aromatic N) is 3. The fourth-order valence-electron chi connectivity index (χ4n) is 3.34. The Bertz CT molecular complexity index is 529. The Morgan fingerprint density at radius 2 is 1.75 bits per heavy atom. The van der Waals surface area contributed by atoms with E-state index in [1.54, 1.807) is 0 Å². The Labute approximate surface area is 171 Å². The quantitative estimate of drug-likeness (QED) is 0.326. The molecule has 1 aliphatic rings. The summed E-state index contributed by atoms with van der Waals surface area (Å²) in [6, 6.07) is 10.8. The van der Waals surface area contributed by atoms with Gasteiger partial charge in [0.1, 0.15) is 0 Å². The molecule has 0 atom stereocenters. The lowest BCUT2D eigenvalue weighted by Crippen LogP contribution is -2.49. The molecule has 0 bridgehead atoms. The second kappa shape index (κ2) is 14.4. The molecule has 1 saturated heterocycles. The number of rotatable bonds is 12. The number of ether oxygens (including phenoxy) is 1. The molecule has 0 radical (unpaired) electrons. The summed E-state index contributed by atoms with van der Waals surface area (Å²) in [7, 11) is 0. The number of guanidine groups is 1. The van der Waals surface area contributed by atoms with Crippen LogP contribution in [-0.2, 0) is 11.3 Å². The molecule has 2 N–H and O–H groups in total. The van der Waals surface area contributed by atoms with Crippen molar-refractivity contribution in [1.82, 2.24) is 20.4 Å². The van der Waals surface area contributed by atoms with Gasteiger partial charge in [0.2, 0.25) is 0 Å². The van der Waals surface area contributed by atoms with Crippen LogP contribution in [0.1, 0.15) is 32.3 Å². The average molecular weight is 390 g/mol. The Morgan fingerprint density at radius 3 is 2.46 bits per heavy atom. The summed E-state index contributed by atoms with van der Waals surface area (Å²) in [5.74, 6) is 0.932. The van der Waals surface area contributed by atoms with Crippen molar-refractivity contribution < 1.29 is 4.74 Å². The van der Waals surface area contributed by atoms with Crippen LogP contribution in [0, 0.1) is 0 Å². The van der Waals surface area contributed by atoms with Crippen LogP contribution in [0.25, 0.3) is 0 Å². The van der Waals surface area contributed by atoms with Gasteiger partial charge in [-0.2, -0.15) is 0 Å². The first kappa shape index (κ1) is 22.7. The number of benzene rings is 1. The highest BCUT2D eigenvalue weighted by Gasteiger charge is 2.16. The van der Waals surface area contributed by atoms with E-state index in [4.69, 9.17) is 4.74 Å². The van der Waals surface area contributed by atoms with Crippen molar-refractivity contribution in [3.05, 3.63) is 35.9 Å². The van der Waals surface area contributed by atoms with Gasteiger partial charge in [0, 0.05) is 72.1 Å². The van der Waals surface area contributed by atoms with E-state index in [1.807, 2.05) is 6.92 Å². The second-order valence-electron chi connectivity index (χ2n) is 7.19. The third-order valence-corrected chi connectivity index (χ3v) is 4.95. The zero-order valence-electron chi connectivity index (χ0n) is 17.8. The van der Waals surface area contributed by atoms with Crippen molar-refractivity contribution in [3.63, 3.8) is 0 Å². The summed E-state index contributed by atoms with van der Waals surface area (Å²) in [6.45, 7) is 15.1. The molecule has 0 saturated carbocycles. The minimum absolute atomic E-state index is 0.800. The first-order valence-corrected chi connectivity index (χ1v) is 10.9. The summed E-state index contributed by atoms with van der Waals surface area (Å²) >= 11 is 0. The predicted molar refractivity (Wildman–Crippen MR) is 118 cm³/mol. The SMILES string of the molecule is CCNC(=NCCCCOCC)NCCN1CCN(Cc2ccccc2)CC1. The Hall–Kier alpha value is -1.63. The summed E-state index contributed by atoms with van der Waals surface area (Å²) in [6.07, 6.45) is 2.14. The number of unbranched alkanes of at least 4 members (excludes halogenated alkanes) is 1. The fraction of sp³-hybridized carbons (Fsp3) is 0.682. The van der Waals surface area contributed by atoms with Crippen LogP contribution in [0.2, 0.25) is 0 Å². The lowest BCUT2D eigenvalue weighted by atomic mass is 10.2. The smallest absolute Gasteiger partial charge is 0.191 e. The molecule has 1 heterocycles. The van der Waals surface area contributed by atoms with Crippen molar-refractivity contribution in [2.24, 2.45) is 4.99 Å². The van der Waals surface area contributed by atoms with E-state index in [-0.39, 0.29) is 0 Å². The van der Waals surface area contributed by atoms with Crippen molar-refractivity contribution in [1.29, 1.82) is 0 Å². The molecule has 1 aliphatic heterocycles. The average Bonchev–Trinajstić information content (AvgIpc) is 2.72. The molecule has 1 fully saturated rings. The molecule has 6 nitrogen and oxygen atoms in total. The minimum atomic E-state index is 0.800. The first-order valence-electron chi connectivity index (χ1n) is 10.9. The number of aliphatic imine (C=N–C) groups is 1. The molecule has 0 aliphatic carbocycles. The lowest BCUT2D eigenvalue weighted by Gasteiger charge is -2.34. The van der Waals surface area contributed by atoms with E-state index < -0.39 is 0 Å². The third kappa shape index (κ3) is 9.53. The maximum absolute atomic E-state index is 5.37. The van der Waals surface area contributed by atoms with Crippen LogP contribution in [0.5, 0.6) is 0 Å². The van der Waals surface area contributed by atoms with Gasteiger partial charge in [-0.15, -0.1) is 0 Å². The van der Waals surface area contributed by atoms with Crippen LogP contribution in [-0.4, -0.2) is 81.3 Å². The van der Waals surface area contributed by atoms with Crippen LogP contribution in [0.15, 0.2) is 35.3 Å². The van der Waals surface area contributed by atoms with Crippen molar-refractivity contribution in [2.45, 2.75) is 33.2 Å². The van der Waals surface area contributed by atoms with Crippen LogP contribution < -0.4 is 10.6 Å². The highest BCUT2D eigenvalue weighted by molar-refractivity contribution is 5.79. The predicted octanol–water partition coefficient (Wildman–Crippen LogP) is 2.18. The molecular formula is C22H39N5O. The largest absolute Gasteiger partial charge is 0.382 e. The van der Waals surface area contributed by atoms with Gasteiger partial charge in [0.25, 0.3) is 0 Å². The molecule has 1 aromatic carbocycles. The molecule has 0 spiro atoms. The molecule has 0 aromatic heterocycles. The standard InChI is InChI=1S/C22H39N5O/c1-3-23-22(24-12-8-9-19-28-4-2)25-13-14-26-15-17-27(18-16-26)20-21-10-6-5-7-11-21/h5-7,10-11H,3-4,8-9,12-20H2,1-2H3,(H2,23,24,25).